The summed E-state index contributed by atoms with van der Waals surface area (Å²) in [5, 5.41) is 0. The van der Waals surface area contributed by atoms with Gasteiger partial charge in [-0.2, -0.15) is 0 Å². The van der Waals surface area contributed by atoms with Crippen LogP contribution in [0.25, 0.3) is 0 Å². The van der Waals surface area contributed by atoms with E-state index in [2.05, 4.69) is 4.57 Å². The zero-order valence-corrected chi connectivity index (χ0v) is 9.18. The molecule has 0 aliphatic rings. The number of aryl methyl sites for hydroxylation is 1. The number of hydrogen-bond acceptors (Lipinski definition) is 1. The van der Waals surface area contributed by atoms with Crippen LogP contribution in [0.3, 0.4) is 0 Å². The van der Waals surface area contributed by atoms with Crippen LogP contribution in [0.4, 0.5) is 0 Å². The molecular weight excluding hydrogens is 200 g/mol. The Morgan fingerprint density at radius 3 is 2.56 bits per heavy atom. The average molecular weight is 214 g/mol. The monoisotopic (exact) mass is 214 g/mol. The highest BCUT2D eigenvalue weighted by molar-refractivity contribution is 5.93. The lowest BCUT2D eigenvalue weighted by molar-refractivity contribution is 0.1000. The van der Waals surface area contributed by atoms with Gasteiger partial charge < -0.3 is 10.3 Å². The highest BCUT2D eigenvalue weighted by atomic mass is 16.1. The van der Waals surface area contributed by atoms with Gasteiger partial charge in [-0.3, -0.25) is 4.79 Å². The van der Waals surface area contributed by atoms with Crippen LogP contribution in [0.15, 0.2) is 42.7 Å². The SMILES string of the molecule is Cc1cc(C(N)=O)ccc1Cn1cccc1. The van der Waals surface area contributed by atoms with Gasteiger partial charge in [-0.25, -0.2) is 0 Å². The fourth-order valence-electron chi connectivity index (χ4n) is 1.70. The zero-order valence-electron chi connectivity index (χ0n) is 9.18. The fraction of sp³-hybridized carbons (Fsp3) is 0.154. The third-order valence-electron chi connectivity index (χ3n) is 2.65. The van der Waals surface area contributed by atoms with Crippen LogP contribution >= 0.6 is 0 Å². The van der Waals surface area contributed by atoms with Crippen molar-refractivity contribution in [1.82, 2.24) is 4.57 Å². The normalized spacial score (nSPS) is 10.3. The van der Waals surface area contributed by atoms with Gasteiger partial charge in [0, 0.05) is 24.5 Å². The number of benzene rings is 1. The van der Waals surface area contributed by atoms with Gasteiger partial charge in [-0.15, -0.1) is 0 Å². The van der Waals surface area contributed by atoms with Gasteiger partial charge in [0.2, 0.25) is 5.91 Å². The van der Waals surface area contributed by atoms with Crippen molar-refractivity contribution in [2.75, 3.05) is 0 Å². The molecule has 16 heavy (non-hydrogen) atoms. The maximum atomic E-state index is 11.0. The lowest BCUT2D eigenvalue weighted by Crippen LogP contribution is -2.11. The molecule has 3 nitrogen and oxygen atoms in total. The zero-order chi connectivity index (χ0) is 11.5. The topological polar surface area (TPSA) is 48.0 Å². The van der Waals surface area contributed by atoms with Crippen molar-refractivity contribution in [2.24, 2.45) is 5.73 Å². The Bertz CT molecular complexity index is 501. The van der Waals surface area contributed by atoms with E-state index in [4.69, 9.17) is 5.73 Å². The Hall–Kier alpha value is -2.03. The standard InChI is InChI=1S/C13H14N2O/c1-10-8-11(13(14)16)4-5-12(10)9-15-6-2-3-7-15/h2-8H,9H2,1H3,(H2,14,16). The van der Waals surface area contributed by atoms with Gasteiger partial charge in [0.25, 0.3) is 0 Å². The van der Waals surface area contributed by atoms with E-state index in [-0.39, 0.29) is 5.91 Å². The highest BCUT2D eigenvalue weighted by Crippen LogP contribution is 2.12. The molecule has 0 radical (unpaired) electrons. The number of carbonyl (C=O) groups excluding carboxylic acids is 1. The summed E-state index contributed by atoms with van der Waals surface area (Å²) in [6.45, 7) is 2.81. The maximum Gasteiger partial charge on any atom is 0.248 e. The van der Waals surface area contributed by atoms with Crippen LogP contribution in [-0.4, -0.2) is 10.5 Å². The van der Waals surface area contributed by atoms with Crippen molar-refractivity contribution in [3.8, 4) is 0 Å². The molecule has 82 valence electrons. The van der Waals surface area contributed by atoms with E-state index in [0.717, 1.165) is 12.1 Å². The quantitative estimate of drug-likeness (QED) is 0.834. The predicted octanol–water partition coefficient (Wildman–Crippen LogP) is 1.94. The molecule has 0 unspecified atom stereocenters. The Kier molecular flexibility index (Phi) is 2.77. The van der Waals surface area contributed by atoms with Gasteiger partial charge in [0.15, 0.2) is 0 Å². The average Bonchev–Trinajstić information content (AvgIpc) is 2.73. The molecule has 2 N–H and O–H groups in total. The highest BCUT2D eigenvalue weighted by Gasteiger charge is 2.04. The molecule has 2 rings (SSSR count). The molecule has 1 heterocycles. The molecule has 1 amide bonds. The van der Waals surface area contributed by atoms with E-state index < -0.39 is 0 Å². The van der Waals surface area contributed by atoms with E-state index in [1.54, 1.807) is 6.07 Å². The minimum absolute atomic E-state index is 0.379. The van der Waals surface area contributed by atoms with Crippen molar-refractivity contribution in [1.29, 1.82) is 0 Å². The largest absolute Gasteiger partial charge is 0.366 e. The van der Waals surface area contributed by atoms with Crippen LogP contribution in [0.2, 0.25) is 0 Å². The van der Waals surface area contributed by atoms with E-state index in [1.807, 2.05) is 43.6 Å². The van der Waals surface area contributed by atoms with Crippen molar-refractivity contribution in [3.05, 3.63) is 59.4 Å². The Morgan fingerprint density at radius 1 is 1.31 bits per heavy atom. The molecule has 0 spiro atoms. The van der Waals surface area contributed by atoms with Crippen molar-refractivity contribution < 1.29 is 4.79 Å². The Labute approximate surface area is 94.5 Å². The number of primary amides is 1. The number of rotatable bonds is 3. The fourth-order valence-corrected chi connectivity index (χ4v) is 1.70. The third-order valence-corrected chi connectivity index (χ3v) is 2.65. The Balaban J connectivity index is 2.26. The first kappa shape index (κ1) is 10.5. The lowest BCUT2D eigenvalue weighted by Gasteiger charge is -2.08. The van der Waals surface area contributed by atoms with Gasteiger partial charge in [0.1, 0.15) is 0 Å². The molecule has 2 aromatic rings. The first-order valence-electron chi connectivity index (χ1n) is 5.17. The predicted molar refractivity (Wildman–Crippen MR) is 63.2 cm³/mol. The summed E-state index contributed by atoms with van der Waals surface area (Å²) in [7, 11) is 0. The second-order valence-electron chi connectivity index (χ2n) is 3.86. The Morgan fingerprint density at radius 2 is 2.00 bits per heavy atom. The van der Waals surface area contributed by atoms with E-state index >= 15 is 0 Å². The van der Waals surface area contributed by atoms with Crippen LogP contribution in [0.1, 0.15) is 21.5 Å². The number of nitrogens with two attached hydrogens (primary N) is 1. The molecule has 3 heteroatoms. The molecule has 0 fully saturated rings. The lowest BCUT2D eigenvalue weighted by atomic mass is 10.0. The first-order chi connectivity index (χ1) is 7.66. The molecule has 0 saturated heterocycles. The summed E-state index contributed by atoms with van der Waals surface area (Å²) in [4.78, 5) is 11.0. The summed E-state index contributed by atoms with van der Waals surface area (Å²) >= 11 is 0. The summed E-state index contributed by atoms with van der Waals surface area (Å²) in [5.41, 5.74) is 8.07. The maximum absolute atomic E-state index is 11.0. The molecule has 1 aromatic carbocycles. The van der Waals surface area contributed by atoms with Crippen LogP contribution in [-0.2, 0) is 6.54 Å². The van der Waals surface area contributed by atoms with Crippen molar-refractivity contribution in [2.45, 2.75) is 13.5 Å². The third kappa shape index (κ3) is 2.14. The molecule has 0 atom stereocenters. The summed E-state index contributed by atoms with van der Waals surface area (Å²) in [6, 6.07) is 9.55. The molecule has 0 bridgehead atoms. The number of hydrogen-bond donors (Lipinski definition) is 1. The van der Waals surface area contributed by atoms with Gasteiger partial charge in [-0.05, 0) is 42.3 Å². The summed E-state index contributed by atoms with van der Waals surface area (Å²) in [5.74, 6) is -0.379. The number of carbonyl (C=O) groups is 1. The van der Waals surface area contributed by atoms with Gasteiger partial charge in [-0.1, -0.05) is 6.07 Å². The van der Waals surface area contributed by atoms with Crippen LogP contribution < -0.4 is 5.73 Å². The summed E-state index contributed by atoms with van der Waals surface area (Å²) < 4.78 is 2.09. The molecule has 0 saturated carbocycles. The number of amides is 1. The van der Waals surface area contributed by atoms with E-state index in [0.29, 0.717) is 5.56 Å². The minimum Gasteiger partial charge on any atom is -0.366 e. The van der Waals surface area contributed by atoms with Gasteiger partial charge in [0.05, 0.1) is 0 Å². The van der Waals surface area contributed by atoms with E-state index in [1.165, 1.54) is 5.56 Å². The van der Waals surface area contributed by atoms with Gasteiger partial charge >= 0.3 is 0 Å². The van der Waals surface area contributed by atoms with Crippen molar-refractivity contribution >= 4 is 5.91 Å². The van der Waals surface area contributed by atoms with Crippen LogP contribution in [0.5, 0.6) is 0 Å². The molecular formula is C13H14N2O. The molecule has 0 aliphatic carbocycles. The van der Waals surface area contributed by atoms with Crippen molar-refractivity contribution in [3.63, 3.8) is 0 Å². The second kappa shape index (κ2) is 4.23. The summed E-state index contributed by atoms with van der Waals surface area (Å²) in [6.07, 6.45) is 4.03. The molecule has 1 aromatic heterocycles. The second-order valence-corrected chi connectivity index (χ2v) is 3.86. The minimum atomic E-state index is -0.379. The number of nitrogens with zero attached hydrogens (tertiary/aromatic N) is 1. The number of aromatic nitrogens is 1. The van der Waals surface area contributed by atoms with Crippen LogP contribution in [0, 0.1) is 6.92 Å². The first-order valence-corrected chi connectivity index (χ1v) is 5.17. The smallest absolute Gasteiger partial charge is 0.248 e. The molecule has 0 aliphatic heterocycles. The van der Waals surface area contributed by atoms with E-state index in [9.17, 15) is 4.79 Å².